The number of nitrogens with zero attached hydrogens (tertiary/aromatic N) is 2. The minimum Gasteiger partial charge on any atom is -0.342 e. The molecule has 1 heterocycles. The van der Waals surface area contributed by atoms with Crippen molar-refractivity contribution in [3.63, 3.8) is 0 Å². The highest BCUT2D eigenvalue weighted by atomic mass is 79.9. The molecule has 1 aromatic rings. The monoisotopic (exact) mass is 324 g/mol. The molecule has 5 heteroatoms. The van der Waals surface area contributed by atoms with Gasteiger partial charge >= 0.3 is 0 Å². The zero-order valence-corrected chi connectivity index (χ0v) is 12.9. The van der Waals surface area contributed by atoms with Crippen LogP contribution in [0.3, 0.4) is 0 Å². The number of halogens is 1. The normalized spacial score (nSPS) is 18.6. The first-order valence-corrected chi connectivity index (χ1v) is 6.96. The van der Waals surface area contributed by atoms with Crippen molar-refractivity contribution in [1.82, 2.24) is 9.80 Å². The van der Waals surface area contributed by atoms with E-state index in [2.05, 4.69) is 15.9 Å². The summed E-state index contributed by atoms with van der Waals surface area (Å²) in [5.41, 5.74) is -0.202. The van der Waals surface area contributed by atoms with Crippen molar-refractivity contribution in [2.24, 2.45) is 0 Å². The highest BCUT2D eigenvalue weighted by Crippen LogP contribution is 2.24. The quantitative estimate of drug-likeness (QED) is 0.794. The molecule has 0 N–H and O–H groups in total. The molecule has 1 aliphatic heterocycles. The summed E-state index contributed by atoms with van der Waals surface area (Å²) < 4.78 is 0.858. The number of likely N-dealkylation sites (N-methyl/N-ethyl adjacent to an activating group) is 1. The van der Waals surface area contributed by atoms with Gasteiger partial charge in [0, 0.05) is 30.2 Å². The number of hydrogen-bond donors (Lipinski definition) is 0. The van der Waals surface area contributed by atoms with Gasteiger partial charge in [0.2, 0.25) is 5.91 Å². The van der Waals surface area contributed by atoms with E-state index in [0.717, 1.165) is 4.47 Å². The Morgan fingerprint density at radius 3 is 2.63 bits per heavy atom. The van der Waals surface area contributed by atoms with Gasteiger partial charge in [-0.1, -0.05) is 22.0 Å². The fourth-order valence-electron chi connectivity index (χ4n) is 2.35. The fourth-order valence-corrected chi connectivity index (χ4v) is 2.75. The van der Waals surface area contributed by atoms with Crippen LogP contribution >= 0.6 is 15.9 Å². The predicted molar refractivity (Wildman–Crippen MR) is 76.9 cm³/mol. The van der Waals surface area contributed by atoms with Crippen molar-refractivity contribution < 1.29 is 9.59 Å². The van der Waals surface area contributed by atoms with E-state index in [4.69, 9.17) is 0 Å². The SMILES string of the molecule is CN1CCN(C(=O)c2cccc(Br)c2)C(C)(C)C1=O. The molecule has 0 atom stereocenters. The largest absolute Gasteiger partial charge is 0.342 e. The lowest BCUT2D eigenvalue weighted by atomic mass is 9.96. The Kier molecular flexibility index (Phi) is 3.67. The number of amides is 2. The maximum absolute atomic E-state index is 12.6. The van der Waals surface area contributed by atoms with Gasteiger partial charge in [0.05, 0.1) is 0 Å². The first kappa shape index (κ1) is 14.1. The van der Waals surface area contributed by atoms with Crippen LogP contribution in [0.15, 0.2) is 28.7 Å². The van der Waals surface area contributed by atoms with Gasteiger partial charge in [0.1, 0.15) is 5.54 Å². The molecule has 2 rings (SSSR count). The molecule has 0 radical (unpaired) electrons. The van der Waals surface area contributed by atoms with Gasteiger partial charge in [0.25, 0.3) is 5.91 Å². The number of piperazine rings is 1. The van der Waals surface area contributed by atoms with Gasteiger partial charge in [-0.05, 0) is 32.0 Å². The molecule has 0 bridgehead atoms. The first-order valence-electron chi connectivity index (χ1n) is 6.17. The molecule has 1 aromatic carbocycles. The lowest BCUT2D eigenvalue weighted by Gasteiger charge is -2.44. The molecule has 102 valence electrons. The average molecular weight is 325 g/mol. The van der Waals surface area contributed by atoms with Crippen LogP contribution in [0.5, 0.6) is 0 Å². The predicted octanol–water partition coefficient (Wildman–Crippen LogP) is 2.14. The summed E-state index contributed by atoms with van der Waals surface area (Å²) in [6, 6.07) is 7.24. The Labute approximate surface area is 121 Å². The lowest BCUT2D eigenvalue weighted by molar-refractivity contribution is -0.144. The number of carbonyl (C=O) groups excluding carboxylic acids is 2. The molecule has 0 spiro atoms. The Morgan fingerprint density at radius 1 is 1.32 bits per heavy atom. The molecule has 0 aliphatic carbocycles. The summed E-state index contributed by atoms with van der Waals surface area (Å²) in [7, 11) is 1.77. The first-order chi connectivity index (χ1) is 8.84. The second-order valence-corrected chi connectivity index (χ2v) is 6.17. The third-order valence-electron chi connectivity index (χ3n) is 3.52. The molecule has 4 nitrogen and oxygen atoms in total. The Hall–Kier alpha value is -1.36. The van der Waals surface area contributed by atoms with Crippen LogP contribution in [0, 0.1) is 0 Å². The van der Waals surface area contributed by atoms with E-state index in [1.165, 1.54) is 0 Å². The Bertz CT molecular complexity index is 528. The molecule has 1 fully saturated rings. The molecular weight excluding hydrogens is 308 g/mol. The summed E-state index contributed by atoms with van der Waals surface area (Å²) in [6.45, 7) is 4.71. The molecule has 2 amide bonds. The van der Waals surface area contributed by atoms with Gasteiger partial charge in [0.15, 0.2) is 0 Å². The van der Waals surface area contributed by atoms with Crippen LogP contribution in [-0.4, -0.2) is 47.3 Å². The van der Waals surface area contributed by atoms with Crippen molar-refractivity contribution >= 4 is 27.7 Å². The van der Waals surface area contributed by atoms with E-state index in [1.807, 2.05) is 12.1 Å². The topological polar surface area (TPSA) is 40.6 Å². The Balaban J connectivity index is 2.31. The second kappa shape index (κ2) is 4.96. The number of hydrogen-bond acceptors (Lipinski definition) is 2. The van der Waals surface area contributed by atoms with Crippen molar-refractivity contribution in [2.75, 3.05) is 20.1 Å². The third kappa shape index (κ3) is 2.52. The van der Waals surface area contributed by atoms with Crippen LogP contribution < -0.4 is 0 Å². The highest BCUT2D eigenvalue weighted by molar-refractivity contribution is 9.10. The molecule has 1 aliphatic rings. The van der Waals surface area contributed by atoms with E-state index < -0.39 is 5.54 Å². The number of carbonyl (C=O) groups is 2. The minimum absolute atomic E-state index is 0.0258. The van der Waals surface area contributed by atoms with E-state index in [0.29, 0.717) is 18.7 Å². The highest BCUT2D eigenvalue weighted by Gasteiger charge is 2.43. The molecular formula is C14H17BrN2O2. The smallest absolute Gasteiger partial charge is 0.254 e. The fraction of sp³-hybridized carbons (Fsp3) is 0.429. The standard InChI is InChI=1S/C14H17BrN2O2/c1-14(2)13(19)16(3)7-8-17(14)12(18)10-5-4-6-11(15)9-10/h4-6,9H,7-8H2,1-3H3. The average Bonchev–Trinajstić information content (AvgIpc) is 2.35. The van der Waals surface area contributed by atoms with E-state index in [1.54, 1.807) is 42.8 Å². The second-order valence-electron chi connectivity index (χ2n) is 5.25. The molecule has 19 heavy (non-hydrogen) atoms. The van der Waals surface area contributed by atoms with Crippen molar-refractivity contribution in [3.05, 3.63) is 34.3 Å². The van der Waals surface area contributed by atoms with Gasteiger partial charge in [-0.25, -0.2) is 0 Å². The Morgan fingerprint density at radius 2 is 2.00 bits per heavy atom. The van der Waals surface area contributed by atoms with E-state index in [-0.39, 0.29) is 11.8 Å². The molecule has 0 aromatic heterocycles. The number of rotatable bonds is 1. The van der Waals surface area contributed by atoms with Gasteiger partial charge in [-0.15, -0.1) is 0 Å². The van der Waals surface area contributed by atoms with Gasteiger partial charge in [-0.2, -0.15) is 0 Å². The van der Waals surface area contributed by atoms with Crippen LogP contribution in [0.25, 0.3) is 0 Å². The maximum Gasteiger partial charge on any atom is 0.254 e. The van der Waals surface area contributed by atoms with Crippen LogP contribution in [0.4, 0.5) is 0 Å². The van der Waals surface area contributed by atoms with Crippen molar-refractivity contribution in [1.29, 1.82) is 0 Å². The third-order valence-corrected chi connectivity index (χ3v) is 4.01. The summed E-state index contributed by atoms with van der Waals surface area (Å²) in [4.78, 5) is 28.1. The summed E-state index contributed by atoms with van der Waals surface area (Å²) in [6.07, 6.45) is 0. The van der Waals surface area contributed by atoms with E-state index >= 15 is 0 Å². The van der Waals surface area contributed by atoms with Crippen molar-refractivity contribution in [3.8, 4) is 0 Å². The summed E-state index contributed by atoms with van der Waals surface area (Å²) >= 11 is 3.36. The molecule has 1 saturated heterocycles. The number of benzene rings is 1. The van der Waals surface area contributed by atoms with Gasteiger partial charge < -0.3 is 9.80 Å². The summed E-state index contributed by atoms with van der Waals surface area (Å²) in [5.74, 6) is -0.130. The zero-order chi connectivity index (χ0) is 14.2. The summed E-state index contributed by atoms with van der Waals surface area (Å²) in [5, 5.41) is 0. The lowest BCUT2D eigenvalue weighted by Crippen LogP contribution is -2.63. The van der Waals surface area contributed by atoms with Crippen molar-refractivity contribution in [2.45, 2.75) is 19.4 Å². The van der Waals surface area contributed by atoms with Gasteiger partial charge in [-0.3, -0.25) is 9.59 Å². The van der Waals surface area contributed by atoms with E-state index in [9.17, 15) is 9.59 Å². The van der Waals surface area contributed by atoms with Crippen LogP contribution in [0.2, 0.25) is 0 Å². The molecule has 0 unspecified atom stereocenters. The zero-order valence-electron chi connectivity index (χ0n) is 11.3. The maximum atomic E-state index is 12.6. The minimum atomic E-state index is -0.799. The van der Waals surface area contributed by atoms with Crippen LogP contribution in [0.1, 0.15) is 24.2 Å². The van der Waals surface area contributed by atoms with Crippen LogP contribution in [-0.2, 0) is 4.79 Å². The molecule has 0 saturated carbocycles.